The molecule has 0 amide bonds. The molecule has 1 rings (SSSR count). The van der Waals surface area contributed by atoms with E-state index >= 15 is 0 Å². The van der Waals surface area contributed by atoms with E-state index in [-0.39, 0.29) is 16.9 Å². The van der Waals surface area contributed by atoms with Gasteiger partial charge in [-0.25, -0.2) is 4.79 Å². The van der Waals surface area contributed by atoms with Gasteiger partial charge in [-0.2, -0.15) is 0 Å². The fourth-order valence-electron chi connectivity index (χ4n) is 1.18. The number of carboxylic acid groups (broad SMARTS) is 1. The third-order valence-corrected chi connectivity index (χ3v) is 2.22. The summed E-state index contributed by atoms with van der Waals surface area (Å²) >= 11 is 0. The number of hydrogen-bond donors (Lipinski definition) is 1. The first-order valence-corrected chi connectivity index (χ1v) is 4.96. The highest BCUT2D eigenvalue weighted by Gasteiger charge is 2.22. The molecule has 0 aliphatic heterocycles. The summed E-state index contributed by atoms with van der Waals surface area (Å²) in [5.74, 6) is -1.93. The zero-order valence-corrected chi connectivity index (χ0v) is 9.89. The lowest BCUT2D eigenvalue weighted by Crippen LogP contribution is -2.31. The highest BCUT2D eigenvalue weighted by atomic mass is 16.7. The molecule has 1 aromatic rings. The van der Waals surface area contributed by atoms with Gasteiger partial charge in [0.05, 0.1) is 0 Å². The first-order valence-electron chi connectivity index (χ1n) is 4.96. The molecule has 0 spiro atoms. The Labute approximate surface area is 99.0 Å². The van der Waals surface area contributed by atoms with Crippen molar-refractivity contribution in [3.63, 3.8) is 0 Å². The van der Waals surface area contributed by atoms with E-state index in [9.17, 15) is 9.59 Å². The van der Waals surface area contributed by atoms with Crippen LogP contribution in [0.15, 0.2) is 18.2 Å². The van der Waals surface area contributed by atoms with Gasteiger partial charge in [0.25, 0.3) is 0 Å². The van der Waals surface area contributed by atoms with Crippen molar-refractivity contribution in [2.24, 2.45) is 0 Å². The van der Waals surface area contributed by atoms with Crippen molar-refractivity contribution in [3.05, 3.63) is 29.3 Å². The standard InChI is InChI=1S/C12H14O5/c1-12(2,16-3)17-10-5-4-8(7-13)6-9(10)11(14)15/h4-7H,1-3H3,(H,14,15). The second-order valence-corrected chi connectivity index (χ2v) is 3.88. The molecule has 0 fully saturated rings. The van der Waals surface area contributed by atoms with Crippen LogP contribution in [0.5, 0.6) is 5.75 Å². The third-order valence-electron chi connectivity index (χ3n) is 2.22. The molecule has 0 aliphatic rings. The summed E-state index contributed by atoms with van der Waals surface area (Å²) in [5, 5.41) is 9.02. The lowest BCUT2D eigenvalue weighted by atomic mass is 10.1. The molecule has 0 unspecified atom stereocenters. The quantitative estimate of drug-likeness (QED) is 0.627. The van der Waals surface area contributed by atoms with Crippen LogP contribution in [-0.4, -0.2) is 30.3 Å². The summed E-state index contributed by atoms with van der Waals surface area (Å²) in [4.78, 5) is 21.6. The smallest absolute Gasteiger partial charge is 0.339 e. The molecule has 17 heavy (non-hydrogen) atoms. The first-order chi connectivity index (χ1) is 7.89. The Kier molecular flexibility index (Phi) is 3.85. The first kappa shape index (κ1) is 13.2. The van der Waals surface area contributed by atoms with Gasteiger partial charge in [-0.15, -0.1) is 0 Å². The molecule has 5 heteroatoms. The molecule has 1 N–H and O–H groups in total. The molecular weight excluding hydrogens is 224 g/mol. The third kappa shape index (κ3) is 3.29. The van der Waals surface area contributed by atoms with Gasteiger partial charge in [0, 0.05) is 26.5 Å². The van der Waals surface area contributed by atoms with Crippen molar-refractivity contribution in [3.8, 4) is 5.75 Å². The van der Waals surface area contributed by atoms with Gasteiger partial charge in [0.1, 0.15) is 17.6 Å². The SMILES string of the molecule is COC(C)(C)Oc1ccc(C=O)cc1C(=O)O. The number of methoxy groups -OCH3 is 1. The number of benzene rings is 1. The number of rotatable bonds is 5. The maximum Gasteiger partial charge on any atom is 0.339 e. The Bertz CT molecular complexity index is 437. The summed E-state index contributed by atoms with van der Waals surface area (Å²) in [5.41, 5.74) is 0.213. The predicted molar refractivity (Wildman–Crippen MR) is 60.5 cm³/mol. The Hall–Kier alpha value is -1.88. The van der Waals surface area contributed by atoms with E-state index in [0.29, 0.717) is 6.29 Å². The van der Waals surface area contributed by atoms with E-state index < -0.39 is 11.8 Å². The van der Waals surface area contributed by atoms with Crippen LogP contribution in [-0.2, 0) is 4.74 Å². The molecule has 0 aromatic heterocycles. The maximum absolute atomic E-state index is 11.0. The number of carboxylic acids is 1. The molecule has 0 saturated heterocycles. The summed E-state index contributed by atoms with van der Waals surface area (Å²) in [6, 6.07) is 4.19. The lowest BCUT2D eigenvalue weighted by Gasteiger charge is -2.25. The van der Waals surface area contributed by atoms with Gasteiger partial charge < -0.3 is 14.6 Å². The van der Waals surface area contributed by atoms with Gasteiger partial charge in [-0.05, 0) is 18.2 Å². The molecule has 1 aromatic carbocycles. The molecule has 0 heterocycles. The average molecular weight is 238 g/mol. The monoisotopic (exact) mass is 238 g/mol. The minimum absolute atomic E-state index is 0.0697. The van der Waals surface area contributed by atoms with Crippen molar-refractivity contribution in [2.45, 2.75) is 19.6 Å². The fraction of sp³-hybridized carbons (Fsp3) is 0.333. The summed E-state index contributed by atoms with van der Waals surface area (Å²) in [7, 11) is 1.46. The van der Waals surface area contributed by atoms with Crippen molar-refractivity contribution < 1.29 is 24.2 Å². The van der Waals surface area contributed by atoms with Gasteiger partial charge in [-0.1, -0.05) is 0 Å². The Morgan fingerprint density at radius 2 is 2.06 bits per heavy atom. The van der Waals surface area contributed by atoms with E-state index in [2.05, 4.69) is 0 Å². The normalized spacial score (nSPS) is 11.0. The molecular formula is C12H14O5. The van der Waals surface area contributed by atoms with Gasteiger partial charge in [0.2, 0.25) is 5.79 Å². The van der Waals surface area contributed by atoms with Crippen LogP contribution in [0.2, 0.25) is 0 Å². The zero-order valence-electron chi connectivity index (χ0n) is 9.89. The number of aldehydes is 1. The van der Waals surface area contributed by atoms with Gasteiger partial charge in [0.15, 0.2) is 0 Å². The highest BCUT2D eigenvalue weighted by Crippen LogP contribution is 2.24. The minimum Gasteiger partial charge on any atom is -0.478 e. The van der Waals surface area contributed by atoms with Gasteiger partial charge in [-0.3, -0.25) is 4.79 Å². The Morgan fingerprint density at radius 3 is 2.53 bits per heavy atom. The zero-order chi connectivity index (χ0) is 13.1. The van der Waals surface area contributed by atoms with Crippen molar-refractivity contribution in [1.82, 2.24) is 0 Å². The summed E-state index contributed by atoms with van der Waals surface area (Å²) < 4.78 is 10.5. The van der Waals surface area contributed by atoms with E-state index in [1.165, 1.54) is 25.3 Å². The lowest BCUT2D eigenvalue weighted by molar-refractivity contribution is -0.134. The van der Waals surface area contributed by atoms with E-state index in [1.54, 1.807) is 13.8 Å². The van der Waals surface area contributed by atoms with Crippen LogP contribution in [0.1, 0.15) is 34.6 Å². The van der Waals surface area contributed by atoms with Crippen LogP contribution in [0.25, 0.3) is 0 Å². The minimum atomic E-state index is -1.16. The molecule has 0 atom stereocenters. The van der Waals surface area contributed by atoms with E-state index in [4.69, 9.17) is 14.6 Å². The Balaban J connectivity index is 3.15. The van der Waals surface area contributed by atoms with Crippen LogP contribution in [0.4, 0.5) is 0 Å². The predicted octanol–water partition coefficient (Wildman–Crippen LogP) is 1.96. The summed E-state index contributed by atoms with van der Waals surface area (Å²) in [6.45, 7) is 3.32. The number of aromatic carboxylic acids is 1. The van der Waals surface area contributed by atoms with E-state index in [0.717, 1.165) is 0 Å². The second-order valence-electron chi connectivity index (χ2n) is 3.88. The van der Waals surface area contributed by atoms with Crippen molar-refractivity contribution in [1.29, 1.82) is 0 Å². The van der Waals surface area contributed by atoms with Crippen LogP contribution in [0, 0.1) is 0 Å². The second kappa shape index (κ2) is 4.97. The molecule has 5 nitrogen and oxygen atoms in total. The molecule has 92 valence electrons. The summed E-state index contributed by atoms with van der Waals surface area (Å²) in [6.07, 6.45) is 0.581. The van der Waals surface area contributed by atoms with E-state index in [1.807, 2.05) is 0 Å². The van der Waals surface area contributed by atoms with Crippen LogP contribution < -0.4 is 4.74 Å². The van der Waals surface area contributed by atoms with Crippen LogP contribution in [0.3, 0.4) is 0 Å². The number of ether oxygens (including phenoxy) is 2. The molecule has 0 saturated carbocycles. The van der Waals surface area contributed by atoms with Crippen molar-refractivity contribution >= 4 is 12.3 Å². The Morgan fingerprint density at radius 1 is 1.41 bits per heavy atom. The molecule has 0 radical (unpaired) electrons. The highest BCUT2D eigenvalue weighted by molar-refractivity contribution is 5.93. The average Bonchev–Trinajstić information content (AvgIpc) is 2.29. The van der Waals surface area contributed by atoms with Crippen LogP contribution >= 0.6 is 0 Å². The number of hydrogen-bond acceptors (Lipinski definition) is 4. The maximum atomic E-state index is 11.0. The molecule has 0 aliphatic carbocycles. The fourth-order valence-corrected chi connectivity index (χ4v) is 1.18. The number of carbonyl (C=O) groups excluding carboxylic acids is 1. The molecule has 0 bridgehead atoms. The topological polar surface area (TPSA) is 72.8 Å². The van der Waals surface area contributed by atoms with Crippen molar-refractivity contribution in [2.75, 3.05) is 7.11 Å². The largest absolute Gasteiger partial charge is 0.478 e. The number of carbonyl (C=O) groups is 2. The van der Waals surface area contributed by atoms with Gasteiger partial charge >= 0.3 is 5.97 Å².